The zero-order valence-corrected chi connectivity index (χ0v) is 50.3. The highest BCUT2D eigenvalue weighted by Gasteiger charge is 2.33. The van der Waals surface area contributed by atoms with Crippen molar-refractivity contribution in [3.05, 3.63) is 129 Å². The van der Waals surface area contributed by atoms with Crippen molar-refractivity contribution in [1.29, 1.82) is 0 Å². The predicted molar refractivity (Wildman–Crippen MR) is 335 cm³/mol. The van der Waals surface area contributed by atoms with Gasteiger partial charge in [0.1, 0.15) is 30.3 Å². The van der Waals surface area contributed by atoms with E-state index in [1.54, 1.807) is 62.5 Å². The molecule has 2 aromatic heterocycles. The minimum atomic E-state index is -1.19. The van der Waals surface area contributed by atoms with Crippen LogP contribution in [0.2, 0.25) is 0 Å². The van der Waals surface area contributed by atoms with Gasteiger partial charge in [0.25, 0.3) is 5.91 Å². The number of thiophene rings is 1. The lowest BCUT2D eigenvalue weighted by molar-refractivity contribution is -0.128. The van der Waals surface area contributed by atoms with E-state index in [1.165, 1.54) is 16.2 Å². The number of hydrogen-bond acceptors (Lipinski definition) is 14. The summed E-state index contributed by atoms with van der Waals surface area (Å²) in [5.74, 6) is -1.69. The monoisotopic (exact) mass is 1210 g/mol. The number of aromatic nitrogens is 1. The molecule has 24 heteroatoms. The summed E-state index contributed by atoms with van der Waals surface area (Å²) < 4.78 is 5.72. The van der Waals surface area contributed by atoms with Crippen molar-refractivity contribution in [2.45, 2.75) is 97.2 Å². The van der Waals surface area contributed by atoms with Crippen LogP contribution < -0.4 is 48.3 Å². The second kappa shape index (κ2) is 30.2. The first-order valence-corrected chi connectivity index (χ1v) is 30.3. The van der Waals surface area contributed by atoms with Crippen LogP contribution >= 0.6 is 11.3 Å². The number of hydrogen-bond donors (Lipinski definition) is 9. The second-order valence-corrected chi connectivity index (χ2v) is 23.2. The molecule has 0 unspecified atom stereocenters. The van der Waals surface area contributed by atoms with Gasteiger partial charge >= 0.3 is 18.2 Å². The summed E-state index contributed by atoms with van der Waals surface area (Å²) >= 11 is 1.23. The zero-order valence-electron chi connectivity index (χ0n) is 49.4. The van der Waals surface area contributed by atoms with Gasteiger partial charge in [0.05, 0.1) is 27.3 Å². The van der Waals surface area contributed by atoms with Gasteiger partial charge in [-0.15, -0.1) is 11.3 Å². The number of carbonyl (C=O) groups is 8. The van der Waals surface area contributed by atoms with Crippen LogP contribution in [0.5, 0.6) is 0 Å². The van der Waals surface area contributed by atoms with Crippen molar-refractivity contribution < 1.29 is 48.2 Å². The maximum Gasteiger partial charge on any atom is 0.407 e. The number of nitrogens with two attached hydrogens (primary N) is 2. The maximum atomic E-state index is 13.9. The molecule has 1 saturated heterocycles. The smallest absolute Gasteiger partial charge is 0.407 e. The van der Waals surface area contributed by atoms with Crippen LogP contribution in [-0.2, 0) is 30.5 Å². The van der Waals surface area contributed by atoms with Gasteiger partial charge in [-0.1, -0.05) is 88.4 Å². The first-order chi connectivity index (χ1) is 41.9. The van der Waals surface area contributed by atoms with Gasteiger partial charge in [0.15, 0.2) is 0 Å². The summed E-state index contributed by atoms with van der Waals surface area (Å²) in [6.45, 7) is 10.2. The number of urea groups is 1. The van der Waals surface area contributed by atoms with Gasteiger partial charge in [-0.3, -0.25) is 24.0 Å². The van der Waals surface area contributed by atoms with Crippen molar-refractivity contribution in [2.75, 3.05) is 68.0 Å². The topological polar surface area (TPSA) is 325 Å². The molecule has 0 radical (unpaired) electrons. The Bertz CT molecular complexity index is 3310. The fourth-order valence-corrected chi connectivity index (χ4v) is 11.9. The summed E-state index contributed by atoms with van der Waals surface area (Å²) in [6.07, 6.45) is 4.74. The number of aliphatic imine (C=N–C) groups is 1. The van der Waals surface area contributed by atoms with E-state index in [1.807, 2.05) is 73.3 Å². The van der Waals surface area contributed by atoms with Crippen LogP contribution in [0.3, 0.4) is 0 Å². The van der Waals surface area contributed by atoms with Crippen molar-refractivity contribution in [3.8, 4) is 11.1 Å². The van der Waals surface area contributed by atoms with Gasteiger partial charge in [0, 0.05) is 81.9 Å². The largest absolute Gasteiger partial charge is 0.465 e. The number of carbonyl (C=O) groups excluding carboxylic acids is 7. The number of amidine groups is 1. The van der Waals surface area contributed by atoms with Crippen LogP contribution in [0, 0.1) is 11.8 Å². The highest BCUT2D eigenvalue weighted by molar-refractivity contribution is 7.15. The first-order valence-electron chi connectivity index (χ1n) is 29.5. The quantitative estimate of drug-likeness (QED) is 0.0239. The Morgan fingerprint density at radius 2 is 1.46 bits per heavy atom. The average molecular weight is 1210 g/mol. The number of piperidine rings is 1. The third kappa shape index (κ3) is 17.0. The number of primary amides is 1. The molecule has 2 atom stereocenters. The van der Waals surface area contributed by atoms with Crippen LogP contribution in [0.4, 0.5) is 37.3 Å². The molecule has 9 amide bonds. The lowest BCUT2D eigenvalue weighted by Crippen LogP contribution is -2.54. The molecule has 1 aliphatic carbocycles. The van der Waals surface area contributed by atoms with Crippen molar-refractivity contribution >= 4 is 93.9 Å². The molecule has 23 nitrogen and oxygen atoms in total. The average Bonchev–Trinajstić information content (AvgIpc) is 1.73. The van der Waals surface area contributed by atoms with Crippen molar-refractivity contribution in [2.24, 2.45) is 28.3 Å². The standard InChI is InChI=1S/C63H77N13O10S/c1-5-27-75(28-6-2)60(81)41-32-51-50(71-53(64)33-41)34-52(87-51)58(79)70-43-21-22-54(68-35-43)74-29-23-40(24-30-74)56(77)66-26-31-76(63(84)85)36-39-17-19-42(20-18-39)69-57(78)49(16-11-25-67-61(65)82)72-59(80)55(38(3)4)73-62(83)86-37-48-46-14-9-7-12-44(46)45-13-8-10-15-47(45)48/h7-10,12-15,17-22,32,34-35,38,40,48-49,55H,5-6,11,16,23-31,33,36-37H2,1-4H3,(H2,64,71)(H,66,77)(H,69,78)(H,70,79)(H,72,80)(H,73,83)(H,84,85)(H3,65,67,82)/t49-,55-/m0/s1. The fourth-order valence-electron chi connectivity index (χ4n) is 10.9. The van der Waals surface area contributed by atoms with E-state index in [4.69, 9.17) is 16.2 Å². The number of ether oxygens (including phenoxy) is 1. The molecule has 3 aromatic carbocycles. The number of amides is 9. The molecule has 5 aromatic rings. The number of nitrogens with one attached hydrogen (secondary N) is 6. The summed E-state index contributed by atoms with van der Waals surface area (Å²) in [4.78, 5) is 120. The van der Waals surface area contributed by atoms with Crippen LogP contribution in [0.25, 0.3) is 17.2 Å². The van der Waals surface area contributed by atoms with E-state index in [2.05, 4.69) is 46.8 Å². The minimum absolute atomic E-state index is 0.00822. The summed E-state index contributed by atoms with van der Waals surface area (Å²) in [6, 6.07) is 24.7. The number of alkyl carbamates (subject to hydrolysis) is 1. The molecular formula is C63H77N13O10S. The Kier molecular flexibility index (Phi) is 22.1. The van der Waals surface area contributed by atoms with Gasteiger partial charge in [0.2, 0.25) is 23.6 Å². The molecule has 8 rings (SSSR count). The molecule has 1 fully saturated rings. The predicted octanol–water partition coefficient (Wildman–Crippen LogP) is 7.77. The molecule has 11 N–H and O–H groups in total. The Balaban J connectivity index is 0.775. The molecule has 87 heavy (non-hydrogen) atoms. The number of pyridine rings is 1. The fraction of sp³-hybridized carbons (Fsp3) is 0.397. The number of anilines is 3. The number of fused-ring (bicyclic) bond motifs is 4. The minimum Gasteiger partial charge on any atom is -0.465 e. The Morgan fingerprint density at radius 3 is 2.08 bits per heavy atom. The van der Waals surface area contributed by atoms with Gasteiger partial charge in [-0.2, -0.15) is 0 Å². The Morgan fingerprint density at radius 1 is 0.793 bits per heavy atom. The van der Waals surface area contributed by atoms with E-state index in [9.17, 15) is 43.5 Å². The number of carboxylic acid groups (broad SMARTS) is 1. The van der Waals surface area contributed by atoms with Crippen LogP contribution in [-0.4, -0.2) is 138 Å². The maximum absolute atomic E-state index is 13.9. The van der Waals surface area contributed by atoms with Gasteiger partial charge in [-0.25, -0.2) is 24.4 Å². The molecule has 4 heterocycles. The number of benzene rings is 3. The van der Waals surface area contributed by atoms with E-state index in [0.29, 0.717) is 88.6 Å². The molecule has 0 bridgehead atoms. The van der Waals surface area contributed by atoms with E-state index in [0.717, 1.165) is 35.1 Å². The van der Waals surface area contributed by atoms with E-state index >= 15 is 0 Å². The highest BCUT2D eigenvalue weighted by atomic mass is 32.1. The summed E-state index contributed by atoms with van der Waals surface area (Å²) in [5.41, 5.74) is 18.2. The first kappa shape index (κ1) is 63.7. The lowest BCUT2D eigenvalue weighted by atomic mass is 9.96. The van der Waals surface area contributed by atoms with Crippen LogP contribution in [0.1, 0.15) is 110 Å². The molecular weight excluding hydrogens is 1130 g/mol. The zero-order chi connectivity index (χ0) is 62.1. The second-order valence-electron chi connectivity index (χ2n) is 22.1. The van der Waals surface area contributed by atoms with Gasteiger partial charge in [-0.05, 0) is 109 Å². The lowest BCUT2D eigenvalue weighted by Gasteiger charge is -2.32. The summed E-state index contributed by atoms with van der Waals surface area (Å²) in [5, 5.41) is 26.7. The third-order valence-electron chi connectivity index (χ3n) is 15.4. The SMILES string of the molecule is CCCN(CCC)C(=O)C1=Cc2sc(C(=O)Nc3ccc(N4CCC(C(=O)NCCN(Cc5ccc(NC(=O)[C@H](CCCNC(N)=O)NC(=O)[C@@H](NC(=O)OCC6c7ccccc7-c7ccccc76)C(C)C)cc5)C(=O)O)CC4)nc3)cc2N=C(N)C1. The normalized spacial score (nSPS) is 14.3. The molecule has 0 spiro atoms. The number of nitrogens with zero attached hydrogens (tertiary/aromatic N) is 5. The van der Waals surface area contributed by atoms with Crippen molar-refractivity contribution in [3.63, 3.8) is 0 Å². The van der Waals surface area contributed by atoms with E-state index in [-0.39, 0.29) is 81.6 Å². The molecule has 460 valence electrons. The van der Waals surface area contributed by atoms with Crippen LogP contribution in [0.15, 0.2) is 108 Å². The van der Waals surface area contributed by atoms with E-state index < -0.39 is 48.0 Å². The molecule has 0 saturated carbocycles. The molecule has 3 aliphatic rings. The third-order valence-corrected chi connectivity index (χ3v) is 16.4. The highest BCUT2D eigenvalue weighted by Crippen LogP contribution is 2.44. The van der Waals surface area contributed by atoms with Crippen molar-refractivity contribution in [1.82, 2.24) is 36.1 Å². The Hall–Kier alpha value is -9.32. The number of rotatable bonds is 26. The Labute approximate surface area is 509 Å². The molecule has 2 aliphatic heterocycles. The van der Waals surface area contributed by atoms with Gasteiger partial charge < -0.3 is 67.9 Å². The summed E-state index contributed by atoms with van der Waals surface area (Å²) in [7, 11) is 0.